The van der Waals surface area contributed by atoms with Crippen LogP contribution in [-0.4, -0.2) is 21.0 Å². The molecule has 0 unspecified atom stereocenters. The van der Waals surface area contributed by atoms with E-state index in [1.807, 2.05) is 0 Å². The first-order valence-electron chi connectivity index (χ1n) is 8.46. The fourth-order valence-corrected chi connectivity index (χ4v) is 2.57. The Balaban J connectivity index is 1.92. The highest BCUT2D eigenvalue weighted by Crippen LogP contribution is 2.19. The van der Waals surface area contributed by atoms with Crippen LogP contribution in [0.1, 0.15) is 61.4 Å². The third kappa shape index (κ3) is 5.11. The maximum atomic E-state index is 13.7. The van der Waals surface area contributed by atoms with Crippen LogP contribution < -0.4 is 0 Å². The number of benzene rings is 1. The molecule has 0 saturated carbocycles. The van der Waals surface area contributed by atoms with Crippen LogP contribution in [0.5, 0.6) is 0 Å². The summed E-state index contributed by atoms with van der Waals surface area (Å²) in [5.74, 6) is -1.66. The summed E-state index contributed by atoms with van der Waals surface area (Å²) in [6, 6.07) is 3.92. The standard InChI is InChI=1S/C19H23FN2O2/c1-2-3-4-5-6-7-8-14-12-21-18(22-13-14)15-9-10-16(19(23)24)17(20)11-15/h9-13H,2-8H2,1H3,(H,23,24). The number of carboxylic acid groups (broad SMARTS) is 1. The summed E-state index contributed by atoms with van der Waals surface area (Å²) in [5, 5.41) is 8.84. The number of nitrogens with zero attached hydrogens (tertiary/aromatic N) is 2. The van der Waals surface area contributed by atoms with Gasteiger partial charge in [0.15, 0.2) is 5.82 Å². The molecule has 0 bridgehead atoms. The predicted molar refractivity (Wildman–Crippen MR) is 91.5 cm³/mol. The third-order valence-electron chi connectivity index (χ3n) is 3.98. The first-order valence-corrected chi connectivity index (χ1v) is 8.46. The zero-order valence-electron chi connectivity index (χ0n) is 14.0. The number of aromatic carboxylic acids is 1. The second kappa shape index (κ2) is 9.11. The van der Waals surface area contributed by atoms with E-state index in [-0.39, 0.29) is 5.56 Å². The van der Waals surface area contributed by atoms with Crippen molar-refractivity contribution in [3.63, 3.8) is 0 Å². The van der Waals surface area contributed by atoms with E-state index in [0.717, 1.165) is 24.5 Å². The average Bonchev–Trinajstić information content (AvgIpc) is 2.58. The maximum Gasteiger partial charge on any atom is 0.338 e. The molecule has 5 heteroatoms. The van der Waals surface area contributed by atoms with Gasteiger partial charge in [-0.3, -0.25) is 0 Å². The lowest BCUT2D eigenvalue weighted by atomic mass is 10.1. The summed E-state index contributed by atoms with van der Waals surface area (Å²) < 4.78 is 13.7. The molecule has 0 aliphatic heterocycles. The average molecular weight is 330 g/mol. The van der Waals surface area contributed by atoms with Gasteiger partial charge < -0.3 is 5.11 Å². The van der Waals surface area contributed by atoms with Crippen molar-refractivity contribution in [1.82, 2.24) is 9.97 Å². The minimum Gasteiger partial charge on any atom is -0.478 e. The van der Waals surface area contributed by atoms with E-state index in [4.69, 9.17) is 5.11 Å². The smallest absolute Gasteiger partial charge is 0.338 e. The van der Waals surface area contributed by atoms with Crippen molar-refractivity contribution >= 4 is 5.97 Å². The zero-order valence-corrected chi connectivity index (χ0v) is 14.0. The Bertz CT molecular complexity index is 672. The van der Waals surface area contributed by atoms with Crippen molar-refractivity contribution in [2.24, 2.45) is 0 Å². The van der Waals surface area contributed by atoms with Gasteiger partial charge in [-0.15, -0.1) is 0 Å². The molecule has 1 N–H and O–H groups in total. The van der Waals surface area contributed by atoms with Gasteiger partial charge in [-0.1, -0.05) is 45.1 Å². The van der Waals surface area contributed by atoms with E-state index in [1.54, 1.807) is 12.4 Å². The molecule has 24 heavy (non-hydrogen) atoms. The molecule has 4 nitrogen and oxygen atoms in total. The molecular weight excluding hydrogens is 307 g/mol. The Morgan fingerprint density at radius 1 is 1.08 bits per heavy atom. The summed E-state index contributed by atoms with van der Waals surface area (Å²) in [4.78, 5) is 19.4. The van der Waals surface area contributed by atoms with Crippen molar-refractivity contribution in [2.45, 2.75) is 51.9 Å². The second-order valence-electron chi connectivity index (χ2n) is 5.93. The van der Waals surface area contributed by atoms with Crippen LogP contribution in [0.4, 0.5) is 4.39 Å². The SMILES string of the molecule is CCCCCCCCc1cnc(-c2ccc(C(=O)O)c(F)c2)nc1. The predicted octanol–water partition coefficient (Wildman–Crippen LogP) is 4.88. The van der Waals surface area contributed by atoms with Gasteiger partial charge in [-0.25, -0.2) is 19.2 Å². The van der Waals surface area contributed by atoms with Crippen molar-refractivity contribution in [3.8, 4) is 11.4 Å². The number of hydrogen-bond acceptors (Lipinski definition) is 3. The Labute approximate surface area is 141 Å². The van der Waals surface area contributed by atoms with E-state index < -0.39 is 11.8 Å². The molecule has 0 aliphatic rings. The van der Waals surface area contributed by atoms with Crippen LogP contribution >= 0.6 is 0 Å². The van der Waals surface area contributed by atoms with Gasteiger partial charge in [0.05, 0.1) is 5.56 Å². The van der Waals surface area contributed by atoms with Gasteiger partial charge in [-0.05, 0) is 30.5 Å². The number of unbranched alkanes of at least 4 members (excludes halogenated alkanes) is 5. The quantitative estimate of drug-likeness (QED) is 0.665. The third-order valence-corrected chi connectivity index (χ3v) is 3.98. The lowest BCUT2D eigenvalue weighted by Gasteiger charge is -2.05. The lowest BCUT2D eigenvalue weighted by Crippen LogP contribution is -2.01. The Morgan fingerprint density at radius 3 is 2.38 bits per heavy atom. The number of rotatable bonds is 9. The molecule has 0 atom stereocenters. The van der Waals surface area contributed by atoms with Crippen LogP contribution in [-0.2, 0) is 6.42 Å². The van der Waals surface area contributed by atoms with Crippen LogP contribution in [0.2, 0.25) is 0 Å². The molecule has 1 aromatic heterocycles. The van der Waals surface area contributed by atoms with Gasteiger partial charge in [0.2, 0.25) is 0 Å². The second-order valence-corrected chi connectivity index (χ2v) is 5.93. The van der Waals surface area contributed by atoms with Gasteiger partial charge in [0, 0.05) is 18.0 Å². The van der Waals surface area contributed by atoms with Gasteiger partial charge in [-0.2, -0.15) is 0 Å². The molecule has 128 valence electrons. The van der Waals surface area contributed by atoms with Gasteiger partial charge >= 0.3 is 5.97 Å². The van der Waals surface area contributed by atoms with Crippen LogP contribution in [0.3, 0.4) is 0 Å². The molecule has 0 aliphatic carbocycles. The molecule has 1 heterocycles. The van der Waals surface area contributed by atoms with E-state index in [9.17, 15) is 9.18 Å². The Hall–Kier alpha value is -2.30. The van der Waals surface area contributed by atoms with Crippen LogP contribution in [0.15, 0.2) is 30.6 Å². The minimum absolute atomic E-state index is 0.349. The summed E-state index contributed by atoms with van der Waals surface area (Å²) in [5.41, 5.74) is 1.19. The normalized spacial score (nSPS) is 10.8. The van der Waals surface area contributed by atoms with Crippen molar-refractivity contribution in [3.05, 3.63) is 47.5 Å². The molecule has 0 fully saturated rings. The number of halogens is 1. The van der Waals surface area contributed by atoms with E-state index in [0.29, 0.717) is 11.4 Å². The number of hydrogen-bond donors (Lipinski definition) is 1. The first-order chi connectivity index (χ1) is 11.6. The lowest BCUT2D eigenvalue weighted by molar-refractivity contribution is 0.0692. The molecule has 1 aromatic carbocycles. The van der Waals surface area contributed by atoms with Crippen LogP contribution in [0.25, 0.3) is 11.4 Å². The summed E-state index contributed by atoms with van der Waals surface area (Å²) in [6.07, 6.45) is 11.9. The first kappa shape index (κ1) is 18.0. The van der Waals surface area contributed by atoms with E-state index >= 15 is 0 Å². The largest absolute Gasteiger partial charge is 0.478 e. The number of carbonyl (C=O) groups is 1. The van der Waals surface area contributed by atoms with Crippen molar-refractivity contribution in [2.75, 3.05) is 0 Å². The number of carboxylic acids is 1. The van der Waals surface area contributed by atoms with Gasteiger partial charge in [0.25, 0.3) is 0 Å². The summed E-state index contributed by atoms with van der Waals surface area (Å²) in [6.45, 7) is 2.21. The maximum absolute atomic E-state index is 13.7. The highest BCUT2D eigenvalue weighted by molar-refractivity contribution is 5.88. The van der Waals surface area contributed by atoms with Crippen LogP contribution in [0, 0.1) is 5.82 Å². The van der Waals surface area contributed by atoms with Crippen molar-refractivity contribution in [1.29, 1.82) is 0 Å². The van der Waals surface area contributed by atoms with E-state index in [1.165, 1.54) is 44.2 Å². The molecule has 0 amide bonds. The number of aryl methyl sites for hydroxylation is 1. The molecule has 0 saturated heterocycles. The molecular formula is C19H23FN2O2. The zero-order chi connectivity index (χ0) is 17.4. The minimum atomic E-state index is -1.28. The topological polar surface area (TPSA) is 63.1 Å². The highest BCUT2D eigenvalue weighted by atomic mass is 19.1. The molecule has 2 aromatic rings. The van der Waals surface area contributed by atoms with Crippen molar-refractivity contribution < 1.29 is 14.3 Å². The molecule has 0 spiro atoms. The highest BCUT2D eigenvalue weighted by Gasteiger charge is 2.12. The summed E-state index contributed by atoms with van der Waals surface area (Å²) >= 11 is 0. The summed E-state index contributed by atoms with van der Waals surface area (Å²) in [7, 11) is 0. The molecule has 0 radical (unpaired) electrons. The van der Waals surface area contributed by atoms with Gasteiger partial charge in [0.1, 0.15) is 5.82 Å². The Morgan fingerprint density at radius 2 is 1.75 bits per heavy atom. The Kier molecular flexibility index (Phi) is 6.85. The fourth-order valence-electron chi connectivity index (χ4n) is 2.57. The monoisotopic (exact) mass is 330 g/mol. The van der Waals surface area contributed by atoms with E-state index in [2.05, 4.69) is 16.9 Å². The number of aromatic nitrogens is 2. The molecule has 2 rings (SSSR count). The fraction of sp³-hybridized carbons (Fsp3) is 0.421.